The molecule has 0 spiro atoms. The van der Waals surface area contributed by atoms with Gasteiger partial charge in [0, 0.05) is 17.8 Å². The zero-order chi connectivity index (χ0) is 15.8. The molecule has 0 fully saturated rings. The van der Waals surface area contributed by atoms with Gasteiger partial charge in [0.1, 0.15) is 6.04 Å². The van der Waals surface area contributed by atoms with E-state index in [0.29, 0.717) is 17.8 Å². The maximum absolute atomic E-state index is 11.8. The summed E-state index contributed by atoms with van der Waals surface area (Å²) >= 11 is 0. The molecule has 1 aromatic rings. The smallest absolute Gasteiger partial charge is 0.319 e. The third kappa shape index (κ3) is 5.64. The minimum Gasteiger partial charge on any atom is -0.354 e. The molecule has 3 amide bonds. The molecule has 6 heteroatoms. The van der Waals surface area contributed by atoms with Crippen molar-refractivity contribution in [1.29, 1.82) is 0 Å². The average Bonchev–Trinajstić information content (AvgIpc) is 2.44. The predicted octanol–water partition coefficient (Wildman–Crippen LogP) is 1.93. The van der Waals surface area contributed by atoms with Gasteiger partial charge in [-0.1, -0.05) is 19.1 Å². The number of carbonyl (C=O) groups is 3. The Morgan fingerprint density at radius 1 is 1.24 bits per heavy atom. The van der Waals surface area contributed by atoms with Crippen LogP contribution >= 0.6 is 0 Å². The van der Waals surface area contributed by atoms with Crippen LogP contribution < -0.4 is 16.0 Å². The van der Waals surface area contributed by atoms with E-state index < -0.39 is 12.1 Å². The number of urea groups is 1. The number of carbonyl (C=O) groups excluding carboxylic acids is 3. The highest BCUT2D eigenvalue weighted by atomic mass is 16.2. The molecule has 3 N–H and O–H groups in total. The molecule has 114 valence electrons. The summed E-state index contributed by atoms with van der Waals surface area (Å²) < 4.78 is 0. The molecule has 0 aliphatic rings. The highest BCUT2D eigenvalue weighted by molar-refractivity contribution is 5.97. The van der Waals surface area contributed by atoms with Gasteiger partial charge in [0.2, 0.25) is 5.91 Å². The van der Waals surface area contributed by atoms with Gasteiger partial charge in [0.25, 0.3) is 0 Å². The number of ketones is 1. The lowest BCUT2D eigenvalue weighted by molar-refractivity contribution is -0.122. The van der Waals surface area contributed by atoms with E-state index in [0.717, 1.165) is 6.42 Å². The Balaban J connectivity index is 2.55. The fourth-order valence-electron chi connectivity index (χ4n) is 1.65. The third-order valence-corrected chi connectivity index (χ3v) is 2.82. The Labute approximate surface area is 124 Å². The number of rotatable bonds is 6. The summed E-state index contributed by atoms with van der Waals surface area (Å²) in [4.78, 5) is 34.7. The Hall–Kier alpha value is -2.37. The molecule has 1 atom stereocenters. The van der Waals surface area contributed by atoms with E-state index in [9.17, 15) is 14.4 Å². The first-order valence-electron chi connectivity index (χ1n) is 6.90. The van der Waals surface area contributed by atoms with E-state index in [1.807, 2.05) is 6.92 Å². The normalized spacial score (nSPS) is 11.4. The van der Waals surface area contributed by atoms with E-state index in [-0.39, 0.29) is 11.7 Å². The van der Waals surface area contributed by atoms with Crippen molar-refractivity contribution in [2.75, 3.05) is 11.9 Å². The van der Waals surface area contributed by atoms with Crippen LogP contribution in [0.2, 0.25) is 0 Å². The maximum Gasteiger partial charge on any atom is 0.319 e. The predicted molar refractivity (Wildman–Crippen MR) is 81.4 cm³/mol. The topological polar surface area (TPSA) is 87.3 Å². The van der Waals surface area contributed by atoms with Crippen LogP contribution in [0.3, 0.4) is 0 Å². The highest BCUT2D eigenvalue weighted by Crippen LogP contribution is 2.10. The van der Waals surface area contributed by atoms with Crippen LogP contribution in [-0.4, -0.2) is 30.3 Å². The molecule has 0 saturated heterocycles. The minimum absolute atomic E-state index is 0.0774. The third-order valence-electron chi connectivity index (χ3n) is 2.82. The second kappa shape index (κ2) is 8.04. The number of nitrogens with one attached hydrogen (secondary N) is 3. The second-order valence-corrected chi connectivity index (χ2v) is 4.75. The summed E-state index contributed by atoms with van der Waals surface area (Å²) in [6, 6.07) is 5.50. The van der Waals surface area contributed by atoms with Crippen LogP contribution in [-0.2, 0) is 4.79 Å². The molecule has 0 radical (unpaired) electrons. The molecule has 6 nitrogen and oxygen atoms in total. The molecule has 0 bridgehead atoms. The number of benzene rings is 1. The van der Waals surface area contributed by atoms with E-state index >= 15 is 0 Å². The standard InChI is InChI=1S/C15H21N3O3/c1-4-8-16-14(20)10(2)17-15(21)18-13-7-5-6-12(9-13)11(3)19/h5-7,9-10H,4,8H2,1-3H3,(H,16,20)(H2,17,18,21)/t10-/m1/s1. The van der Waals surface area contributed by atoms with Crippen molar-refractivity contribution >= 4 is 23.4 Å². The molecule has 0 saturated carbocycles. The number of Topliss-reactive ketones (excluding diaryl/α,β-unsaturated/α-hetero) is 1. The first-order chi connectivity index (χ1) is 9.93. The Morgan fingerprint density at radius 3 is 2.57 bits per heavy atom. The summed E-state index contributed by atoms with van der Waals surface area (Å²) in [7, 11) is 0. The maximum atomic E-state index is 11.8. The summed E-state index contributed by atoms with van der Waals surface area (Å²) in [6.07, 6.45) is 0.836. The van der Waals surface area contributed by atoms with E-state index in [1.165, 1.54) is 6.92 Å². The number of hydrogen-bond donors (Lipinski definition) is 3. The van der Waals surface area contributed by atoms with Gasteiger partial charge in [-0.25, -0.2) is 4.79 Å². The molecule has 0 heterocycles. The monoisotopic (exact) mass is 291 g/mol. The lowest BCUT2D eigenvalue weighted by atomic mass is 10.1. The Kier molecular flexibility index (Phi) is 6.39. The fourth-order valence-corrected chi connectivity index (χ4v) is 1.65. The van der Waals surface area contributed by atoms with Crippen molar-refractivity contribution in [2.24, 2.45) is 0 Å². The first kappa shape index (κ1) is 16.7. The van der Waals surface area contributed by atoms with Gasteiger partial charge in [-0.3, -0.25) is 9.59 Å². The van der Waals surface area contributed by atoms with Crippen molar-refractivity contribution in [3.05, 3.63) is 29.8 Å². The van der Waals surface area contributed by atoms with Crippen molar-refractivity contribution in [1.82, 2.24) is 10.6 Å². The summed E-state index contributed by atoms with van der Waals surface area (Å²) in [5.74, 6) is -0.309. The number of anilines is 1. The van der Waals surface area contributed by atoms with Gasteiger partial charge in [0.05, 0.1) is 0 Å². The van der Waals surface area contributed by atoms with Crippen LogP contribution in [0.5, 0.6) is 0 Å². The van der Waals surface area contributed by atoms with E-state index in [1.54, 1.807) is 31.2 Å². The lowest BCUT2D eigenvalue weighted by Crippen LogP contribution is -2.46. The zero-order valence-corrected chi connectivity index (χ0v) is 12.5. The molecule has 0 aromatic heterocycles. The van der Waals surface area contributed by atoms with E-state index in [2.05, 4.69) is 16.0 Å². The zero-order valence-electron chi connectivity index (χ0n) is 12.5. The molecular formula is C15H21N3O3. The molecule has 1 aromatic carbocycles. The quantitative estimate of drug-likeness (QED) is 0.700. The van der Waals surface area contributed by atoms with Crippen molar-refractivity contribution < 1.29 is 14.4 Å². The lowest BCUT2D eigenvalue weighted by Gasteiger charge is -2.14. The van der Waals surface area contributed by atoms with Crippen LogP contribution in [0, 0.1) is 0 Å². The van der Waals surface area contributed by atoms with Crippen molar-refractivity contribution in [3.63, 3.8) is 0 Å². The van der Waals surface area contributed by atoms with Crippen LogP contribution in [0.25, 0.3) is 0 Å². The Morgan fingerprint density at radius 2 is 1.95 bits per heavy atom. The number of hydrogen-bond acceptors (Lipinski definition) is 3. The van der Waals surface area contributed by atoms with Gasteiger partial charge in [0.15, 0.2) is 5.78 Å². The number of amides is 3. The van der Waals surface area contributed by atoms with E-state index in [4.69, 9.17) is 0 Å². The largest absolute Gasteiger partial charge is 0.354 e. The summed E-state index contributed by atoms with van der Waals surface area (Å²) in [5, 5.41) is 7.83. The van der Waals surface area contributed by atoms with Crippen LogP contribution in [0.1, 0.15) is 37.6 Å². The Bertz CT molecular complexity index is 529. The van der Waals surface area contributed by atoms with Crippen LogP contribution in [0.15, 0.2) is 24.3 Å². The second-order valence-electron chi connectivity index (χ2n) is 4.75. The SMILES string of the molecule is CCCNC(=O)[C@@H](C)NC(=O)Nc1cccc(C(C)=O)c1. The summed E-state index contributed by atoms with van der Waals surface area (Å²) in [6.45, 7) is 5.59. The first-order valence-corrected chi connectivity index (χ1v) is 6.90. The summed E-state index contributed by atoms with van der Waals surface area (Å²) in [5.41, 5.74) is 1.02. The molecule has 1 rings (SSSR count). The molecule has 0 aliphatic heterocycles. The molecule has 21 heavy (non-hydrogen) atoms. The van der Waals surface area contributed by atoms with Gasteiger partial charge in [-0.15, -0.1) is 0 Å². The molecule has 0 aliphatic carbocycles. The van der Waals surface area contributed by atoms with Gasteiger partial charge in [-0.05, 0) is 32.4 Å². The van der Waals surface area contributed by atoms with Crippen LogP contribution in [0.4, 0.5) is 10.5 Å². The van der Waals surface area contributed by atoms with Gasteiger partial charge in [-0.2, -0.15) is 0 Å². The van der Waals surface area contributed by atoms with Crippen molar-refractivity contribution in [2.45, 2.75) is 33.2 Å². The van der Waals surface area contributed by atoms with Gasteiger partial charge < -0.3 is 16.0 Å². The van der Waals surface area contributed by atoms with Gasteiger partial charge >= 0.3 is 6.03 Å². The fraction of sp³-hybridized carbons (Fsp3) is 0.400. The average molecular weight is 291 g/mol. The molecular weight excluding hydrogens is 270 g/mol. The van der Waals surface area contributed by atoms with Crippen molar-refractivity contribution in [3.8, 4) is 0 Å². The molecule has 0 unspecified atom stereocenters. The minimum atomic E-state index is -0.632. The highest BCUT2D eigenvalue weighted by Gasteiger charge is 2.14.